The maximum absolute atomic E-state index is 14.0. The van der Waals surface area contributed by atoms with Crippen molar-refractivity contribution in [3.05, 3.63) is 53.6 Å². The first-order valence-electron chi connectivity index (χ1n) is 13.9. The third-order valence-electron chi connectivity index (χ3n) is 7.20. The molecule has 0 radical (unpaired) electrons. The Labute approximate surface area is 242 Å². The van der Waals surface area contributed by atoms with Crippen molar-refractivity contribution < 1.29 is 28.5 Å². The van der Waals surface area contributed by atoms with E-state index in [9.17, 15) is 9.59 Å². The number of amides is 3. The first kappa shape index (κ1) is 30.1. The Hall–Kier alpha value is -3.83. The van der Waals surface area contributed by atoms with Gasteiger partial charge in [0.1, 0.15) is 23.8 Å². The van der Waals surface area contributed by atoms with Crippen molar-refractivity contribution in [1.29, 1.82) is 0 Å². The van der Waals surface area contributed by atoms with Crippen LogP contribution in [-0.2, 0) is 9.53 Å². The lowest BCUT2D eigenvalue weighted by molar-refractivity contribution is -0.133. The van der Waals surface area contributed by atoms with Gasteiger partial charge in [-0.05, 0) is 61.9 Å². The molecule has 2 aromatic rings. The quantitative estimate of drug-likeness (QED) is 0.445. The third-order valence-corrected chi connectivity index (χ3v) is 7.20. The molecule has 0 bridgehead atoms. The van der Waals surface area contributed by atoms with Crippen LogP contribution in [0.5, 0.6) is 17.2 Å². The molecule has 2 heterocycles. The molecule has 41 heavy (non-hydrogen) atoms. The van der Waals surface area contributed by atoms with Gasteiger partial charge in [-0.15, -0.1) is 0 Å². The number of ether oxygens (including phenoxy) is 4. The number of methoxy groups -OCH3 is 3. The van der Waals surface area contributed by atoms with E-state index >= 15 is 0 Å². The van der Waals surface area contributed by atoms with E-state index in [1.165, 1.54) is 5.01 Å². The van der Waals surface area contributed by atoms with Gasteiger partial charge in [0.05, 0.1) is 46.3 Å². The van der Waals surface area contributed by atoms with Crippen LogP contribution < -0.4 is 19.5 Å². The molecule has 0 unspecified atom stereocenters. The van der Waals surface area contributed by atoms with Crippen LogP contribution >= 0.6 is 0 Å². The Bertz CT molecular complexity index is 1210. The molecule has 3 amide bonds. The van der Waals surface area contributed by atoms with Crippen molar-refractivity contribution in [1.82, 2.24) is 20.1 Å². The highest BCUT2D eigenvalue weighted by molar-refractivity contribution is 6.03. The number of benzene rings is 2. The van der Waals surface area contributed by atoms with Gasteiger partial charge in [0.25, 0.3) is 5.91 Å². The molecular formula is C30H41N5O6. The molecule has 0 aliphatic carbocycles. The van der Waals surface area contributed by atoms with Crippen LogP contribution in [0.15, 0.2) is 47.6 Å². The fourth-order valence-electron chi connectivity index (χ4n) is 4.95. The lowest BCUT2D eigenvalue weighted by atomic mass is 9.97. The Morgan fingerprint density at radius 3 is 2.34 bits per heavy atom. The molecule has 1 saturated heterocycles. The van der Waals surface area contributed by atoms with Crippen LogP contribution in [0.1, 0.15) is 37.4 Å². The summed E-state index contributed by atoms with van der Waals surface area (Å²) in [6.45, 7) is 7.66. The van der Waals surface area contributed by atoms with Gasteiger partial charge in [-0.1, -0.05) is 0 Å². The third kappa shape index (κ3) is 7.68. The molecule has 11 nitrogen and oxygen atoms in total. The zero-order valence-corrected chi connectivity index (χ0v) is 24.6. The van der Waals surface area contributed by atoms with Gasteiger partial charge >= 0.3 is 6.03 Å². The second-order valence-corrected chi connectivity index (χ2v) is 10.3. The number of carbonyl (C=O) groups excluding carboxylic acids is 2. The lowest BCUT2D eigenvalue weighted by Crippen LogP contribution is -2.50. The molecule has 1 N–H and O–H groups in total. The van der Waals surface area contributed by atoms with Gasteiger partial charge < -0.3 is 29.2 Å². The van der Waals surface area contributed by atoms with Crippen LogP contribution in [0.4, 0.5) is 4.79 Å². The van der Waals surface area contributed by atoms with Gasteiger partial charge in [-0.2, -0.15) is 5.10 Å². The predicted molar refractivity (Wildman–Crippen MR) is 156 cm³/mol. The van der Waals surface area contributed by atoms with Crippen molar-refractivity contribution >= 4 is 17.6 Å². The number of hydrogen-bond acceptors (Lipinski definition) is 8. The van der Waals surface area contributed by atoms with Crippen LogP contribution in [-0.4, -0.2) is 106 Å². The van der Waals surface area contributed by atoms with Gasteiger partial charge in [-0.25, -0.2) is 9.80 Å². The summed E-state index contributed by atoms with van der Waals surface area (Å²) in [7, 11) is 4.82. The Morgan fingerprint density at radius 1 is 1.02 bits per heavy atom. The highest BCUT2D eigenvalue weighted by atomic mass is 16.5. The molecule has 0 saturated carbocycles. The number of hydrazone groups is 1. The summed E-state index contributed by atoms with van der Waals surface area (Å²) in [5, 5.41) is 9.23. The number of nitrogens with one attached hydrogen (secondary N) is 1. The first-order chi connectivity index (χ1) is 19.8. The van der Waals surface area contributed by atoms with Crippen LogP contribution in [0.2, 0.25) is 0 Å². The first-order valence-corrected chi connectivity index (χ1v) is 13.9. The predicted octanol–water partition coefficient (Wildman–Crippen LogP) is 3.14. The summed E-state index contributed by atoms with van der Waals surface area (Å²) in [5.41, 5.74) is 2.41. The second kappa shape index (κ2) is 14.2. The smallest absolute Gasteiger partial charge is 0.318 e. The zero-order valence-electron chi connectivity index (χ0n) is 24.6. The standard InChI is InChI=1S/C30H41N5O6/c1-21(2)31-30(37)34(13-12-33-14-16-41-17-15-33)20-29(36)35-27(25-18-24(39-4)10-11-28(25)40-5)19-26(32-35)22-6-8-23(38-3)9-7-22/h6-11,18,21,27H,12-17,19-20H2,1-5H3,(H,31,37)/t27-/m1/s1. The fraction of sp³-hybridized carbons (Fsp3) is 0.500. The van der Waals surface area contributed by atoms with E-state index in [1.807, 2.05) is 56.3 Å². The number of carbonyl (C=O) groups is 2. The van der Waals surface area contributed by atoms with E-state index in [2.05, 4.69) is 10.2 Å². The van der Waals surface area contributed by atoms with E-state index < -0.39 is 6.04 Å². The van der Waals surface area contributed by atoms with Gasteiger partial charge in [0.2, 0.25) is 0 Å². The summed E-state index contributed by atoms with van der Waals surface area (Å²) < 4.78 is 21.9. The van der Waals surface area contributed by atoms with E-state index in [0.29, 0.717) is 44.2 Å². The molecular weight excluding hydrogens is 526 g/mol. The van der Waals surface area contributed by atoms with E-state index in [4.69, 9.17) is 24.0 Å². The zero-order chi connectivity index (χ0) is 29.4. The minimum absolute atomic E-state index is 0.0660. The average molecular weight is 568 g/mol. The largest absolute Gasteiger partial charge is 0.497 e. The monoisotopic (exact) mass is 567 g/mol. The van der Waals surface area contributed by atoms with Crippen molar-refractivity contribution in [2.75, 3.05) is 67.3 Å². The molecule has 11 heteroatoms. The Kier molecular flexibility index (Phi) is 10.4. The van der Waals surface area contributed by atoms with Gasteiger partial charge in [-0.3, -0.25) is 9.69 Å². The minimum Gasteiger partial charge on any atom is -0.497 e. The van der Waals surface area contributed by atoms with E-state index in [1.54, 1.807) is 26.2 Å². The van der Waals surface area contributed by atoms with Crippen LogP contribution in [0.3, 0.4) is 0 Å². The summed E-state index contributed by atoms with van der Waals surface area (Å²) in [6, 6.07) is 12.3. The molecule has 0 aromatic heterocycles. The van der Waals surface area contributed by atoms with E-state index in [0.717, 1.165) is 35.7 Å². The number of nitrogens with zero attached hydrogens (tertiary/aromatic N) is 4. The summed E-state index contributed by atoms with van der Waals surface area (Å²) in [4.78, 5) is 31.0. The van der Waals surface area contributed by atoms with E-state index in [-0.39, 0.29) is 24.5 Å². The molecule has 1 atom stereocenters. The fourth-order valence-corrected chi connectivity index (χ4v) is 4.95. The van der Waals surface area contributed by atoms with Crippen molar-refractivity contribution in [2.24, 2.45) is 5.10 Å². The topological polar surface area (TPSA) is 105 Å². The normalized spacial score (nSPS) is 17.3. The molecule has 222 valence electrons. The molecule has 4 rings (SSSR count). The number of urea groups is 1. The average Bonchev–Trinajstić information content (AvgIpc) is 3.44. The lowest BCUT2D eigenvalue weighted by Gasteiger charge is -2.31. The molecule has 2 aliphatic rings. The molecule has 2 aliphatic heterocycles. The summed E-state index contributed by atoms with van der Waals surface area (Å²) in [5.74, 6) is 1.72. The molecule has 0 spiro atoms. The minimum atomic E-state index is -0.445. The van der Waals surface area contributed by atoms with Gasteiger partial charge in [0, 0.05) is 44.2 Å². The molecule has 2 aromatic carbocycles. The van der Waals surface area contributed by atoms with Crippen LogP contribution in [0, 0.1) is 0 Å². The highest BCUT2D eigenvalue weighted by Crippen LogP contribution is 2.39. The van der Waals surface area contributed by atoms with Crippen LogP contribution in [0.25, 0.3) is 0 Å². The maximum Gasteiger partial charge on any atom is 0.318 e. The SMILES string of the molecule is COc1ccc(C2=NN(C(=O)CN(CCN3CCOCC3)C(=O)NC(C)C)[C@@H](c3cc(OC)ccc3OC)C2)cc1. The van der Waals surface area contributed by atoms with Gasteiger partial charge in [0.15, 0.2) is 0 Å². The van der Waals surface area contributed by atoms with Crippen molar-refractivity contribution in [3.8, 4) is 17.2 Å². The Balaban J connectivity index is 1.63. The number of rotatable bonds is 11. The Morgan fingerprint density at radius 2 is 1.71 bits per heavy atom. The number of hydrogen-bond donors (Lipinski definition) is 1. The highest BCUT2D eigenvalue weighted by Gasteiger charge is 2.36. The second-order valence-electron chi connectivity index (χ2n) is 10.3. The maximum atomic E-state index is 14.0. The molecule has 1 fully saturated rings. The summed E-state index contributed by atoms with van der Waals surface area (Å²) in [6.07, 6.45) is 0.466. The van der Waals surface area contributed by atoms with Crippen molar-refractivity contribution in [2.45, 2.75) is 32.4 Å². The van der Waals surface area contributed by atoms with Crippen molar-refractivity contribution in [3.63, 3.8) is 0 Å². The summed E-state index contributed by atoms with van der Waals surface area (Å²) >= 11 is 0. The number of morpholine rings is 1.